The molecular formula is C28H46N4O3. The third-order valence-electron chi connectivity index (χ3n) is 7.26. The second-order valence-corrected chi connectivity index (χ2v) is 11.8. The van der Waals surface area contributed by atoms with Gasteiger partial charge in [-0.3, -0.25) is 14.4 Å². The van der Waals surface area contributed by atoms with E-state index in [1.165, 1.54) is 0 Å². The number of nitrogens with zero attached hydrogens (tertiary/aromatic N) is 2. The van der Waals surface area contributed by atoms with Crippen molar-refractivity contribution in [2.75, 3.05) is 27.2 Å². The molecule has 1 fully saturated rings. The molecule has 35 heavy (non-hydrogen) atoms. The van der Waals surface area contributed by atoms with Crippen LogP contribution in [0.3, 0.4) is 0 Å². The Morgan fingerprint density at radius 2 is 1.49 bits per heavy atom. The molecule has 1 aliphatic rings. The van der Waals surface area contributed by atoms with Gasteiger partial charge < -0.3 is 20.4 Å². The third kappa shape index (κ3) is 6.63. The summed E-state index contributed by atoms with van der Waals surface area (Å²) in [6, 6.07) is 7.98. The van der Waals surface area contributed by atoms with Crippen molar-refractivity contribution in [1.82, 2.24) is 20.4 Å². The van der Waals surface area contributed by atoms with E-state index in [1.807, 2.05) is 83.7 Å². The van der Waals surface area contributed by atoms with Gasteiger partial charge in [-0.15, -0.1) is 0 Å². The highest BCUT2D eigenvalue weighted by molar-refractivity contribution is 5.94. The minimum Gasteiger partial charge on any atom is -0.342 e. The average molecular weight is 487 g/mol. The highest BCUT2D eigenvalue weighted by Crippen LogP contribution is 2.29. The van der Waals surface area contributed by atoms with Crippen molar-refractivity contribution in [3.05, 3.63) is 35.9 Å². The van der Waals surface area contributed by atoms with E-state index in [1.54, 1.807) is 19.0 Å². The van der Waals surface area contributed by atoms with Crippen molar-refractivity contribution >= 4 is 17.7 Å². The number of hydrogen-bond donors (Lipinski definition) is 2. The maximum absolute atomic E-state index is 13.8. The molecule has 1 aliphatic heterocycles. The van der Waals surface area contributed by atoms with Gasteiger partial charge in [-0.2, -0.15) is 0 Å². The molecule has 7 nitrogen and oxygen atoms in total. The van der Waals surface area contributed by atoms with Gasteiger partial charge in [-0.25, -0.2) is 0 Å². The van der Waals surface area contributed by atoms with Crippen molar-refractivity contribution in [1.29, 1.82) is 0 Å². The first-order valence-corrected chi connectivity index (χ1v) is 12.8. The van der Waals surface area contributed by atoms with Crippen molar-refractivity contribution in [2.45, 2.75) is 84.8 Å². The molecule has 196 valence electrons. The number of likely N-dealkylation sites (tertiary alicyclic amines) is 1. The number of rotatable bonds is 9. The molecule has 0 aliphatic carbocycles. The zero-order valence-corrected chi connectivity index (χ0v) is 23.1. The van der Waals surface area contributed by atoms with Gasteiger partial charge in [0.15, 0.2) is 0 Å². The van der Waals surface area contributed by atoms with Gasteiger partial charge >= 0.3 is 0 Å². The molecule has 0 bridgehead atoms. The van der Waals surface area contributed by atoms with Crippen LogP contribution >= 0.6 is 0 Å². The molecule has 0 aromatic heterocycles. The number of carbonyl (C=O) groups is 3. The topological polar surface area (TPSA) is 81.8 Å². The molecule has 1 aromatic carbocycles. The van der Waals surface area contributed by atoms with Crippen LogP contribution in [0.5, 0.6) is 0 Å². The number of likely N-dealkylation sites (N-methyl/N-ethyl adjacent to an activating group) is 2. The van der Waals surface area contributed by atoms with E-state index in [4.69, 9.17) is 0 Å². The lowest BCUT2D eigenvalue weighted by Crippen LogP contribution is -2.63. The van der Waals surface area contributed by atoms with Crippen LogP contribution in [0.4, 0.5) is 0 Å². The minimum absolute atomic E-state index is 0.00866. The van der Waals surface area contributed by atoms with Crippen LogP contribution in [0.1, 0.15) is 66.9 Å². The lowest BCUT2D eigenvalue weighted by molar-refractivity contribution is -0.149. The quantitative estimate of drug-likeness (QED) is 0.562. The van der Waals surface area contributed by atoms with Crippen molar-refractivity contribution in [3.63, 3.8) is 0 Å². The Morgan fingerprint density at radius 1 is 0.943 bits per heavy atom. The zero-order valence-electron chi connectivity index (χ0n) is 23.1. The van der Waals surface area contributed by atoms with E-state index in [0.29, 0.717) is 0 Å². The van der Waals surface area contributed by atoms with E-state index in [-0.39, 0.29) is 23.6 Å². The fourth-order valence-corrected chi connectivity index (χ4v) is 5.09. The summed E-state index contributed by atoms with van der Waals surface area (Å²) in [7, 11) is 3.45. The largest absolute Gasteiger partial charge is 0.342 e. The molecule has 3 unspecified atom stereocenters. The Hall–Kier alpha value is -2.41. The van der Waals surface area contributed by atoms with Gasteiger partial charge in [0.1, 0.15) is 12.1 Å². The highest BCUT2D eigenvalue weighted by atomic mass is 16.2. The van der Waals surface area contributed by atoms with E-state index in [9.17, 15) is 14.4 Å². The van der Waals surface area contributed by atoms with E-state index in [0.717, 1.165) is 31.5 Å². The molecule has 1 heterocycles. The summed E-state index contributed by atoms with van der Waals surface area (Å²) < 4.78 is 0. The molecule has 0 spiro atoms. The summed E-state index contributed by atoms with van der Waals surface area (Å²) in [4.78, 5) is 44.2. The van der Waals surface area contributed by atoms with Crippen LogP contribution in [0, 0.1) is 11.3 Å². The van der Waals surface area contributed by atoms with E-state index >= 15 is 0 Å². The predicted octanol–water partition coefficient (Wildman–Crippen LogP) is 3.19. The maximum Gasteiger partial charge on any atom is 0.246 e. The zero-order chi connectivity index (χ0) is 26.6. The van der Waals surface area contributed by atoms with Crippen LogP contribution in [0.2, 0.25) is 0 Å². The van der Waals surface area contributed by atoms with Gasteiger partial charge in [0, 0.05) is 25.6 Å². The second kappa shape index (κ2) is 11.5. The van der Waals surface area contributed by atoms with Gasteiger partial charge in [0.25, 0.3) is 0 Å². The molecule has 0 radical (unpaired) electrons. The molecule has 2 rings (SSSR count). The number of nitrogens with one attached hydrogen (secondary N) is 2. The third-order valence-corrected chi connectivity index (χ3v) is 7.26. The molecular weight excluding hydrogens is 440 g/mol. The molecule has 1 saturated heterocycles. The minimum atomic E-state index is -0.782. The van der Waals surface area contributed by atoms with Gasteiger partial charge in [-0.1, -0.05) is 78.8 Å². The van der Waals surface area contributed by atoms with Crippen LogP contribution < -0.4 is 10.6 Å². The summed E-state index contributed by atoms with van der Waals surface area (Å²) in [5.74, 6) is -0.541. The van der Waals surface area contributed by atoms with Gasteiger partial charge in [-0.05, 0) is 36.8 Å². The Labute approximate surface area is 212 Å². The van der Waals surface area contributed by atoms with E-state index < -0.39 is 29.0 Å². The first kappa shape index (κ1) is 28.8. The normalized spacial score (nSPS) is 17.1. The van der Waals surface area contributed by atoms with Crippen molar-refractivity contribution in [3.8, 4) is 0 Å². The SMILES string of the molecule is CNC(C(=O)NC(C(=O)N(C)C(C(=O)N1CCCC1)C(C)C)C(C)(C)C)C(C)(C)c1ccccc1. The monoisotopic (exact) mass is 486 g/mol. The molecule has 2 N–H and O–H groups in total. The fourth-order valence-electron chi connectivity index (χ4n) is 5.09. The predicted molar refractivity (Wildman–Crippen MR) is 141 cm³/mol. The number of benzene rings is 1. The van der Waals surface area contributed by atoms with Crippen LogP contribution in [0.25, 0.3) is 0 Å². The summed E-state index contributed by atoms with van der Waals surface area (Å²) in [5.41, 5.74) is -0.0285. The van der Waals surface area contributed by atoms with Crippen molar-refractivity contribution < 1.29 is 14.4 Å². The van der Waals surface area contributed by atoms with Gasteiger partial charge in [0.2, 0.25) is 17.7 Å². The molecule has 0 saturated carbocycles. The molecule has 7 heteroatoms. The smallest absolute Gasteiger partial charge is 0.246 e. The summed E-state index contributed by atoms with van der Waals surface area (Å²) in [6.45, 7) is 15.3. The van der Waals surface area contributed by atoms with Crippen molar-refractivity contribution in [2.24, 2.45) is 11.3 Å². The number of amides is 3. The Balaban J connectivity index is 2.30. The van der Waals surface area contributed by atoms with Crippen LogP contribution in [-0.4, -0.2) is 72.8 Å². The second-order valence-electron chi connectivity index (χ2n) is 11.8. The summed E-state index contributed by atoms with van der Waals surface area (Å²) in [6.07, 6.45) is 2.00. The first-order valence-electron chi connectivity index (χ1n) is 12.8. The lowest BCUT2D eigenvalue weighted by atomic mass is 9.76. The summed E-state index contributed by atoms with van der Waals surface area (Å²) in [5, 5.41) is 6.21. The lowest BCUT2D eigenvalue weighted by Gasteiger charge is -2.40. The highest BCUT2D eigenvalue weighted by Gasteiger charge is 2.43. The average Bonchev–Trinajstić information content (AvgIpc) is 3.32. The van der Waals surface area contributed by atoms with Crippen LogP contribution in [0.15, 0.2) is 30.3 Å². The number of hydrogen-bond acceptors (Lipinski definition) is 4. The molecule has 3 amide bonds. The first-order chi connectivity index (χ1) is 16.2. The molecule has 3 atom stereocenters. The maximum atomic E-state index is 13.8. The fraction of sp³-hybridized carbons (Fsp3) is 0.679. The Kier molecular flexibility index (Phi) is 9.51. The standard InChI is InChI=1S/C28H46N4O3/c1-19(2)21(25(34)32-17-13-14-18-32)31(9)26(35)23(27(3,4)5)30-24(33)22(29-8)28(6,7)20-15-11-10-12-16-20/h10-12,15-16,19,21-23,29H,13-14,17-18H2,1-9H3,(H,30,33). The van der Waals surface area contributed by atoms with E-state index in [2.05, 4.69) is 10.6 Å². The number of carbonyl (C=O) groups excluding carboxylic acids is 3. The Bertz CT molecular complexity index is 870. The Morgan fingerprint density at radius 3 is 1.94 bits per heavy atom. The van der Waals surface area contributed by atoms with Crippen LogP contribution in [-0.2, 0) is 19.8 Å². The summed E-state index contributed by atoms with van der Waals surface area (Å²) >= 11 is 0. The molecule has 1 aromatic rings. The van der Waals surface area contributed by atoms with Gasteiger partial charge in [0.05, 0.1) is 6.04 Å².